The van der Waals surface area contributed by atoms with Crippen molar-refractivity contribution in [3.63, 3.8) is 0 Å². The zero-order valence-corrected chi connectivity index (χ0v) is 12.4. The molecule has 2 rings (SSSR count). The molecule has 5 heteroatoms. The number of nitrogens with one attached hydrogen (secondary N) is 1. The van der Waals surface area contributed by atoms with Gasteiger partial charge in [-0.05, 0) is 42.1 Å². The first kappa shape index (κ1) is 14.6. The molecule has 2 aromatic rings. The van der Waals surface area contributed by atoms with Crippen LogP contribution >= 0.6 is 11.6 Å². The van der Waals surface area contributed by atoms with Gasteiger partial charge in [-0.3, -0.25) is 0 Å². The summed E-state index contributed by atoms with van der Waals surface area (Å²) in [5.74, 6) is 0.990. The van der Waals surface area contributed by atoms with Crippen LogP contribution < -0.4 is 5.32 Å². The first-order valence-corrected chi connectivity index (χ1v) is 7.09. The van der Waals surface area contributed by atoms with Crippen LogP contribution in [0.5, 0.6) is 5.75 Å². The van der Waals surface area contributed by atoms with Gasteiger partial charge in [0.05, 0.1) is 6.04 Å². The Labute approximate surface area is 123 Å². The van der Waals surface area contributed by atoms with Crippen LogP contribution in [-0.4, -0.2) is 15.1 Å². The summed E-state index contributed by atoms with van der Waals surface area (Å²) in [5, 5.41) is 13.0. The first-order chi connectivity index (χ1) is 9.62. The lowest BCUT2D eigenvalue weighted by atomic mass is 10.0. The molecule has 4 nitrogen and oxygen atoms in total. The van der Waals surface area contributed by atoms with Gasteiger partial charge in [0.15, 0.2) is 0 Å². The van der Waals surface area contributed by atoms with E-state index < -0.39 is 0 Å². The summed E-state index contributed by atoms with van der Waals surface area (Å²) >= 11 is 5.93. The Hall–Kier alpha value is -1.81. The number of aryl methyl sites for hydroxylation is 1. The summed E-state index contributed by atoms with van der Waals surface area (Å²) in [6, 6.07) is 9.20. The third kappa shape index (κ3) is 3.61. The molecule has 0 aliphatic rings. The molecule has 1 aromatic heterocycles. The fourth-order valence-corrected chi connectivity index (χ4v) is 2.23. The molecular weight excluding hydrogens is 274 g/mol. The third-order valence-corrected chi connectivity index (χ3v) is 3.31. The van der Waals surface area contributed by atoms with E-state index in [1.165, 1.54) is 0 Å². The Morgan fingerprint density at radius 1 is 1.20 bits per heavy atom. The minimum absolute atomic E-state index is 0.117. The lowest BCUT2D eigenvalue weighted by Crippen LogP contribution is -2.11. The highest BCUT2D eigenvalue weighted by Gasteiger charge is 2.11. The van der Waals surface area contributed by atoms with Crippen LogP contribution in [0.25, 0.3) is 0 Å². The Balaban J connectivity index is 2.21. The van der Waals surface area contributed by atoms with E-state index in [2.05, 4.69) is 22.2 Å². The number of aromatic hydroxyl groups is 1. The number of aromatic nitrogens is 2. The van der Waals surface area contributed by atoms with E-state index in [-0.39, 0.29) is 17.1 Å². The Bertz CT molecular complexity index is 572. The van der Waals surface area contributed by atoms with Gasteiger partial charge >= 0.3 is 0 Å². The van der Waals surface area contributed by atoms with Gasteiger partial charge in [0.25, 0.3) is 0 Å². The van der Waals surface area contributed by atoms with Gasteiger partial charge in [0, 0.05) is 11.8 Å². The second-order valence-electron chi connectivity index (χ2n) is 4.56. The lowest BCUT2D eigenvalue weighted by molar-refractivity contribution is 0.475. The summed E-state index contributed by atoms with van der Waals surface area (Å²) in [4.78, 5) is 8.36. The van der Waals surface area contributed by atoms with Crippen LogP contribution in [0.15, 0.2) is 30.3 Å². The zero-order chi connectivity index (χ0) is 14.5. The molecular formula is C15H18ClN3O. The quantitative estimate of drug-likeness (QED) is 0.819. The van der Waals surface area contributed by atoms with E-state index in [1.807, 2.05) is 25.1 Å². The number of phenolic OH excluding ortho intramolecular Hbond substituents is 1. The number of benzene rings is 1. The van der Waals surface area contributed by atoms with Crippen LogP contribution in [-0.2, 0) is 6.42 Å². The monoisotopic (exact) mass is 291 g/mol. The van der Waals surface area contributed by atoms with Gasteiger partial charge in [-0.15, -0.1) is 0 Å². The van der Waals surface area contributed by atoms with Crippen LogP contribution in [0.4, 0.5) is 5.82 Å². The highest BCUT2D eigenvalue weighted by Crippen LogP contribution is 2.24. The van der Waals surface area contributed by atoms with E-state index in [0.717, 1.165) is 29.9 Å². The topological polar surface area (TPSA) is 58.0 Å². The predicted octanol–water partition coefficient (Wildman–Crippen LogP) is 3.96. The summed E-state index contributed by atoms with van der Waals surface area (Å²) < 4.78 is 0. The molecule has 0 aliphatic carbocycles. The lowest BCUT2D eigenvalue weighted by Gasteiger charge is -2.18. The van der Waals surface area contributed by atoms with E-state index in [9.17, 15) is 5.11 Å². The Morgan fingerprint density at radius 2 is 1.90 bits per heavy atom. The number of anilines is 1. The number of hydrogen-bond donors (Lipinski definition) is 2. The molecule has 0 fully saturated rings. The molecule has 106 valence electrons. The minimum Gasteiger partial charge on any atom is -0.508 e. The van der Waals surface area contributed by atoms with Crippen LogP contribution in [0.2, 0.25) is 5.28 Å². The van der Waals surface area contributed by atoms with Crippen molar-refractivity contribution < 1.29 is 5.11 Å². The standard InChI is InChI=1S/C15H18ClN3O/c1-3-11-9-14(19-15(16)17-11)18-13(4-2)10-5-7-12(20)8-6-10/h5-9,13,20H,3-4H2,1-2H3,(H,17,18,19). The van der Waals surface area contributed by atoms with Crippen molar-refractivity contribution in [2.75, 3.05) is 5.32 Å². The highest BCUT2D eigenvalue weighted by atomic mass is 35.5. The predicted molar refractivity (Wildman–Crippen MR) is 81.2 cm³/mol. The zero-order valence-electron chi connectivity index (χ0n) is 11.6. The molecule has 20 heavy (non-hydrogen) atoms. The second-order valence-corrected chi connectivity index (χ2v) is 4.90. The van der Waals surface area contributed by atoms with E-state index in [4.69, 9.17) is 11.6 Å². The molecule has 0 radical (unpaired) electrons. The van der Waals surface area contributed by atoms with Crippen LogP contribution in [0.3, 0.4) is 0 Å². The SMILES string of the molecule is CCc1cc(NC(CC)c2ccc(O)cc2)nc(Cl)n1. The summed E-state index contributed by atoms with van der Waals surface area (Å²) in [7, 11) is 0. The summed E-state index contributed by atoms with van der Waals surface area (Å²) in [5.41, 5.74) is 2.01. The molecule has 0 amide bonds. The highest BCUT2D eigenvalue weighted by molar-refractivity contribution is 6.28. The number of hydrogen-bond acceptors (Lipinski definition) is 4. The molecule has 0 saturated carbocycles. The third-order valence-electron chi connectivity index (χ3n) is 3.14. The van der Waals surface area contributed by atoms with Crippen molar-refractivity contribution in [3.05, 3.63) is 46.9 Å². The number of phenols is 1. The molecule has 0 bridgehead atoms. The largest absolute Gasteiger partial charge is 0.508 e. The van der Waals surface area contributed by atoms with Gasteiger partial charge in [-0.25, -0.2) is 9.97 Å². The minimum atomic E-state index is 0.117. The van der Waals surface area contributed by atoms with Crippen LogP contribution in [0.1, 0.15) is 37.6 Å². The number of halogens is 1. The Kier molecular flexibility index (Phi) is 4.79. The van der Waals surface area contributed by atoms with Crippen molar-refractivity contribution in [3.8, 4) is 5.75 Å². The number of rotatable bonds is 5. The van der Waals surface area contributed by atoms with Crippen LogP contribution in [0, 0.1) is 0 Å². The molecule has 0 spiro atoms. The molecule has 1 atom stereocenters. The fourth-order valence-electron chi connectivity index (χ4n) is 2.03. The van der Waals surface area contributed by atoms with E-state index in [0.29, 0.717) is 0 Å². The second kappa shape index (κ2) is 6.57. The number of nitrogens with zero attached hydrogens (tertiary/aromatic N) is 2. The average molecular weight is 292 g/mol. The maximum atomic E-state index is 9.35. The molecule has 1 aromatic carbocycles. The smallest absolute Gasteiger partial charge is 0.224 e. The average Bonchev–Trinajstić information content (AvgIpc) is 2.45. The van der Waals surface area contributed by atoms with Gasteiger partial charge in [0.1, 0.15) is 11.6 Å². The molecule has 0 saturated heterocycles. The van der Waals surface area contributed by atoms with Crippen molar-refractivity contribution in [1.29, 1.82) is 0 Å². The van der Waals surface area contributed by atoms with E-state index >= 15 is 0 Å². The summed E-state index contributed by atoms with van der Waals surface area (Å²) in [6.07, 6.45) is 1.71. The normalized spacial score (nSPS) is 12.2. The fraction of sp³-hybridized carbons (Fsp3) is 0.333. The van der Waals surface area contributed by atoms with Gasteiger partial charge in [0.2, 0.25) is 5.28 Å². The van der Waals surface area contributed by atoms with Gasteiger partial charge in [-0.1, -0.05) is 26.0 Å². The molecule has 1 heterocycles. The maximum absolute atomic E-state index is 9.35. The maximum Gasteiger partial charge on any atom is 0.224 e. The molecule has 1 unspecified atom stereocenters. The molecule has 2 N–H and O–H groups in total. The van der Waals surface area contributed by atoms with Crippen molar-refractivity contribution in [1.82, 2.24) is 9.97 Å². The van der Waals surface area contributed by atoms with Crippen molar-refractivity contribution in [2.24, 2.45) is 0 Å². The summed E-state index contributed by atoms with van der Waals surface area (Å²) in [6.45, 7) is 4.12. The van der Waals surface area contributed by atoms with Gasteiger partial charge < -0.3 is 10.4 Å². The van der Waals surface area contributed by atoms with E-state index in [1.54, 1.807) is 12.1 Å². The van der Waals surface area contributed by atoms with Crippen molar-refractivity contribution in [2.45, 2.75) is 32.7 Å². The first-order valence-electron chi connectivity index (χ1n) is 6.71. The van der Waals surface area contributed by atoms with Crippen molar-refractivity contribution >= 4 is 17.4 Å². The Morgan fingerprint density at radius 3 is 2.50 bits per heavy atom. The molecule has 0 aliphatic heterocycles. The van der Waals surface area contributed by atoms with Gasteiger partial charge in [-0.2, -0.15) is 0 Å².